The van der Waals surface area contributed by atoms with Crippen LogP contribution in [0.1, 0.15) is 56.3 Å². The molecule has 0 spiro atoms. The average Bonchev–Trinajstić information content (AvgIpc) is 2.48. The number of aliphatic hydroxyl groups is 1. The van der Waals surface area contributed by atoms with Gasteiger partial charge in [-0.25, -0.2) is 4.39 Å². The molecule has 1 aromatic rings. The van der Waals surface area contributed by atoms with Crippen LogP contribution in [-0.2, 0) is 0 Å². The van der Waals surface area contributed by atoms with E-state index in [-0.39, 0.29) is 11.2 Å². The van der Waals surface area contributed by atoms with Crippen molar-refractivity contribution in [2.45, 2.75) is 52.1 Å². The van der Waals surface area contributed by atoms with Gasteiger partial charge in [-0.2, -0.15) is 0 Å². The molecule has 2 nitrogen and oxygen atoms in total. The number of nitrogens with two attached hydrogens (primary N) is 1. The van der Waals surface area contributed by atoms with Crippen LogP contribution >= 0.6 is 0 Å². The van der Waals surface area contributed by atoms with Crippen LogP contribution < -0.4 is 5.73 Å². The first-order chi connectivity index (χ1) is 9.52. The van der Waals surface area contributed by atoms with Crippen LogP contribution in [0.15, 0.2) is 18.2 Å². The molecular formula is C17H26FNO. The van der Waals surface area contributed by atoms with Gasteiger partial charge >= 0.3 is 0 Å². The first-order valence-corrected chi connectivity index (χ1v) is 7.66. The van der Waals surface area contributed by atoms with Gasteiger partial charge in [-0.05, 0) is 31.7 Å². The normalized spacial score (nSPS) is 28.4. The first kappa shape index (κ1) is 15.5. The number of aliphatic hydroxyl groups excluding tert-OH is 1. The summed E-state index contributed by atoms with van der Waals surface area (Å²) in [4.78, 5) is 0. The standard InChI is InChI=1S/C17H26FNO/c1-3-13-5-4-8-17(10-13,11-19)16(20)14-9-12(2)6-7-15(14)18/h6-7,9,13,16,20H,3-5,8,10-11,19H2,1-2H3. The third-order valence-corrected chi connectivity index (χ3v) is 4.99. The molecule has 0 bridgehead atoms. The van der Waals surface area contributed by atoms with Gasteiger partial charge in [0.1, 0.15) is 5.82 Å². The highest BCUT2D eigenvalue weighted by Crippen LogP contribution is 2.48. The predicted octanol–water partition coefficient (Wildman–Crippen LogP) is 3.71. The van der Waals surface area contributed by atoms with Gasteiger partial charge in [-0.1, -0.05) is 43.9 Å². The maximum atomic E-state index is 14.1. The Bertz CT molecular complexity index is 462. The van der Waals surface area contributed by atoms with Gasteiger partial charge in [0, 0.05) is 17.5 Å². The first-order valence-electron chi connectivity index (χ1n) is 7.66. The molecule has 2 rings (SSSR count). The lowest BCUT2D eigenvalue weighted by molar-refractivity contribution is -0.0181. The van der Waals surface area contributed by atoms with E-state index >= 15 is 0 Å². The summed E-state index contributed by atoms with van der Waals surface area (Å²) in [5, 5.41) is 10.8. The lowest BCUT2D eigenvalue weighted by atomic mass is 9.64. The fourth-order valence-corrected chi connectivity index (χ4v) is 3.62. The van der Waals surface area contributed by atoms with E-state index in [0.717, 1.165) is 31.2 Å². The molecule has 20 heavy (non-hydrogen) atoms. The molecule has 1 aliphatic carbocycles. The lowest BCUT2D eigenvalue weighted by Crippen LogP contribution is -2.41. The monoisotopic (exact) mass is 279 g/mol. The van der Waals surface area contributed by atoms with Crippen LogP contribution in [0, 0.1) is 24.1 Å². The quantitative estimate of drug-likeness (QED) is 0.882. The summed E-state index contributed by atoms with van der Waals surface area (Å²) >= 11 is 0. The largest absolute Gasteiger partial charge is 0.388 e. The summed E-state index contributed by atoms with van der Waals surface area (Å²) in [5.41, 5.74) is 7.01. The van der Waals surface area contributed by atoms with Crippen molar-refractivity contribution >= 4 is 0 Å². The minimum Gasteiger partial charge on any atom is -0.388 e. The van der Waals surface area contributed by atoms with Crippen molar-refractivity contribution in [3.8, 4) is 0 Å². The van der Waals surface area contributed by atoms with Crippen LogP contribution in [0.4, 0.5) is 4.39 Å². The Morgan fingerprint density at radius 3 is 2.90 bits per heavy atom. The number of aryl methyl sites for hydroxylation is 1. The van der Waals surface area contributed by atoms with Crippen molar-refractivity contribution in [2.24, 2.45) is 17.1 Å². The van der Waals surface area contributed by atoms with Crippen molar-refractivity contribution in [3.63, 3.8) is 0 Å². The van der Waals surface area contributed by atoms with E-state index in [2.05, 4.69) is 6.92 Å². The molecule has 112 valence electrons. The molecular weight excluding hydrogens is 253 g/mol. The van der Waals surface area contributed by atoms with Crippen molar-refractivity contribution in [2.75, 3.05) is 6.54 Å². The number of hydrogen-bond donors (Lipinski definition) is 2. The second-order valence-electron chi connectivity index (χ2n) is 6.36. The smallest absolute Gasteiger partial charge is 0.129 e. The topological polar surface area (TPSA) is 46.2 Å². The molecule has 3 unspecified atom stereocenters. The molecule has 3 N–H and O–H groups in total. The molecule has 0 amide bonds. The van der Waals surface area contributed by atoms with Gasteiger partial charge in [0.2, 0.25) is 0 Å². The summed E-state index contributed by atoms with van der Waals surface area (Å²) < 4.78 is 14.1. The Balaban J connectivity index is 2.32. The summed E-state index contributed by atoms with van der Waals surface area (Å²) in [6, 6.07) is 4.93. The third kappa shape index (κ3) is 2.89. The van der Waals surface area contributed by atoms with Gasteiger partial charge in [0.05, 0.1) is 6.10 Å². The molecule has 0 saturated heterocycles. The molecule has 3 heteroatoms. The molecule has 0 radical (unpaired) electrons. The molecule has 0 aliphatic heterocycles. The second kappa shape index (κ2) is 6.23. The van der Waals surface area contributed by atoms with Gasteiger partial charge in [0.25, 0.3) is 0 Å². The summed E-state index contributed by atoms with van der Waals surface area (Å²) in [6.07, 6.45) is 4.34. The Hall–Kier alpha value is -0.930. The minimum absolute atomic E-state index is 0.324. The van der Waals surface area contributed by atoms with E-state index in [9.17, 15) is 9.50 Å². The SMILES string of the molecule is CCC1CCCC(CN)(C(O)c2cc(C)ccc2F)C1. The molecule has 1 saturated carbocycles. The maximum Gasteiger partial charge on any atom is 0.129 e. The van der Waals surface area contributed by atoms with Crippen LogP contribution in [0.5, 0.6) is 0 Å². The van der Waals surface area contributed by atoms with Crippen LogP contribution in [0.25, 0.3) is 0 Å². The van der Waals surface area contributed by atoms with E-state index in [1.165, 1.54) is 12.5 Å². The van der Waals surface area contributed by atoms with Crippen LogP contribution in [-0.4, -0.2) is 11.7 Å². The van der Waals surface area contributed by atoms with E-state index < -0.39 is 6.10 Å². The zero-order chi connectivity index (χ0) is 14.8. The Labute approximate surface area is 121 Å². The van der Waals surface area contributed by atoms with Crippen molar-refractivity contribution < 1.29 is 9.50 Å². The van der Waals surface area contributed by atoms with Crippen molar-refractivity contribution in [3.05, 3.63) is 35.1 Å². The molecule has 0 heterocycles. The fraction of sp³-hybridized carbons (Fsp3) is 0.647. The molecule has 0 aromatic heterocycles. The van der Waals surface area contributed by atoms with Gasteiger partial charge in [-0.15, -0.1) is 0 Å². The number of rotatable bonds is 4. The predicted molar refractivity (Wildman–Crippen MR) is 79.8 cm³/mol. The fourth-order valence-electron chi connectivity index (χ4n) is 3.62. The average molecular weight is 279 g/mol. The Kier molecular flexibility index (Phi) is 4.82. The van der Waals surface area contributed by atoms with Gasteiger partial charge in [-0.3, -0.25) is 0 Å². The zero-order valence-corrected chi connectivity index (χ0v) is 12.5. The maximum absolute atomic E-state index is 14.1. The number of hydrogen-bond acceptors (Lipinski definition) is 2. The highest BCUT2D eigenvalue weighted by Gasteiger charge is 2.42. The molecule has 3 atom stereocenters. The van der Waals surface area contributed by atoms with E-state index in [1.807, 2.05) is 6.92 Å². The van der Waals surface area contributed by atoms with Crippen LogP contribution in [0.2, 0.25) is 0 Å². The van der Waals surface area contributed by atoms with Gasteiger partial charge in [0.15, 0.2) is 0 Å². The molecule has 1 aliphatic rings. The van der Waals surface area contributed by atoms with Crippen molar-refractivity contribution in [1.29, 1.82) is 0 Å². The van der Waals surface area contributed by atoms with Crippen LogP contribution in [0.3, 0.4) is 0 Å². The highest BCUT2D eigenvalue weighted by atomic mass is 19.1. The van der Waals surface area contributed by atoms with Gasteiger partial charge < -0.3 is 10.8 Å². The van der Waals surface area contributed by atoms with E-state index in [4.69, 9.17) is 5.73 Å². The zero-order valence-electron chi connectivity index (χ0n) is 12.5. The molecule has 1 fully saturated rings. The Morgan fingerprint density at radius 2 is 2.25 bits per heavy atom. The summed E-state index contributed by atoms with van der Waals surface area (Å²) in [6.45, 7) is 4.51. The lowest BCUT2D eigenvalue weighted by Gasteiger charge is -2.43. The highest BCUT2D eigenvalue weighted by molar-refractivity contribution is 5.27. The van der Waals surface area contributed by atoms with E-state index in [1.54, 1.807) is 12.1 Å². The number of benzene rings is 1. The number of halogens is 1. The third-order valence-electron chi connectivity index (χ3n) is 4.99. The van der Waals surface area contributed by atoms with Crippen molar-refractivity contribution in [1.82, 2.24) is 0 Å². The summed E-state index contributed by atoms with van der Waals surface area (Å²) in [5.74, 6) is 0.268. The second-order valence-corrected chi connectivity index (χ2v) is 6.36. The molecule has 1 aromatic carbocycles. The Morgan fingerprint density at radius 1 is 1.50 bits per heavy atom. The minimum atomic E-state index is -0.804. The van der Waals surface area contributed by atoms with E-state index in [0.29, 0.717) is 18.0 Å². The summed E-state index contributed by atoms with van der Waals surface area (Å²) in [7, 11) is 0.